The molecule has 1 unspecified atom stereocenters. The summed E-state index contributed by atoms with van der Waals surface area (Å²) in [6.07, 6.45) is 4.18. The molecular formula is C11H13N7O. The molecule has 1 fully saturated rings. The molecule has 19 heavy (non-hydrogen) atoms. The zero-order valence-corrected chi connectivity index (χ0v) is 10.2. The number of ether oxygens (including phenoxy) is 1. The van der Waals surface area contributed by atoms with Crippen LogP contribution in [0, 0.1) is 0 Å². The number of hydrogen-bond donors (Lipinski definition) is 2. The van der Waals surface area contributed by atoms with Crippen molar-refractivity contribution in [3.05, 3.63) is 18.5 Å². The SMILES string of the molecule is c1nc2ncn3c(CC4CNCCO4)nnc3c2[nH]1. The fourth-order valence-electron chi connectivity index (χ4n) is 2.37. The maximum absolute atomic E-state index is 5.69. The van der Waals surface area contributed by atoms with E-state index in [0.717, 1.165) is 43.1 Å². The van der Waals surface area contributed by atoms with Gasteiger partial charge >= 0.3 is 0 Å². The van der Waals surface area contributed by atoms with Crippen molar-refractivity contribution in [1.82, 2.24) is 34.9 Å². The first-order valence-corrected chi connectivity index (χ1v) is 6.26. The van der Waals surface area contributed by atoms with Crippen LogP contribution in [0.25, 0.3) is 16.8 Å². The van der Waals surface area contributed by atoms with Crippen LogP contribution in [0.2, 0.25) is 0 Å². The number of H-pyrrole nitrogens is 1. The minimum absolute atomic E-state index is 0.138. The predicted molar refractivity (Wildman–Crippen MR) is 66.7 cm³/mol. The topological polar surface area (TPSA) is 93.0 Å². The minimum Gasteiger partial charge on any atom is -0.375 e. The van der Waals surface area contributed by atoms with Crippen molar-refractivity contribution in [3.63, 3.8) is 0 Å². The quantitative estimate of drug-likeness (QED) is 0.646. The van der Waals surface area contributed by atoms with E-state index < -0.39 is 0 Å². The van der Waals surface area contributed by atoms with Crippen molar-refractivity contribution in [3.8, 4) is 0 Å². The Morgan fingerprint density at radius 2 is 2.37 bits per heavy atom. The van der Waals surface area contributed by atoms with Crippen molar-refractivity contribution in [2.75, 3.05) is 19.7 Å². The van der Waals surface area contributed by atoms with Crippen molar-refractivity contribution < 1.29 is 4.74 Å². The van der Waals surface area contributed by atoms with Crippen LogP contribution in [0.1, 0.15) is 5.82 Å². The van der Waals surface area contributed by atoms with E-state index >= 15 is 0 Å². The molecule has 1 aliphatic heterocycles. The Hall–Kier alpha value is -2.06. The Balaban J connectivity index is 1.73. The summed E-state index contributed by atoms with van der Waals surface area (Å²) in [5.74, 6) is 0.854. The zero-order chi connectivity index (χ0) is 12.7. The molecule has 0 radical (unpaired) electrons. The number of fused-ring (bicyclic) bond motifs is 3. The number of aromatic amines is 1. The van der Waals surface area contributed by atoms with Crippen LogP contribution in [0.4, 0.5) is 0 Å². The van der Waals surface area contributed by atoms with Gasteiger partial charge < -0.3 is 15.0 Å². The van der Waals surface area contributed by atoms with E-state index in [4.69, 9.17) is 4.74 Å². The lowest BCUT2D eigenvalue weighted by molar-refractivity contribution is 0.0279. The number of nitrogens with one attached hydrogen (secondary N) is 2. The van der Waals surface area contributed by atoms with Gasteiger partial charge in [-0.25, -0.2) is 9.97 Å². The first kappa shape index (κ1) is 10.8. The summed E-state index contributed by atoms with van der Waals surface area (Å²) in [7, 11) is 0. The van der Waals surface area contributed by atoms with E-state index in [-0.39, 0.29) is 6.10 Å². The minimum atomic E-state index is 0.138. The maximum Gasteiger partial charge on any atom is 0.189 e. The first-order chi connectivity index (χ1) is 9.42. The average Bonchev–Trinajstić information content (AvgIpc) is 3.06. The van der Waals surface area contributed by atoms with Crippen molar-refractivity contribution in [2.24, 2.45) is 0 Å². The summed E-state index contributed by atoms with van der Waals surface area (Å²) >= 11 is 0. The van der Waals surface area contributed by atoms with Crippen LogP contribution < -0.4 is 5.32 Å². The van der Waals surface area contributed by atoms with Gasteiger partial charge in [-0.1, -0.05) is 0 Å². The van der Waals surface area contributed by atoms with E-state index in [1.54, 1.807) is 12.7 Å². The highest BCUT2D eigenvalue weighted by atomic mass is 16.5. The van der Waals surface area contributed by atoms with Gasteiger partial charge in [-0.15, -0.1) is 10.2 Å². The predicted octanol–water partition coefficient (Wildman–Crippen LogP) is -0.468. The molecule has 0 amide bonds. The highest BCUT2D eigenvalue weighted by Crippen LogP contribution is 2.14. The summed E-state index contributed by atoms with van der Waals surface area (Å²) in [4.78, 5) is 11.4. The molecule has 0 spiro atoms. The fourth-order valence-corrected chi connectivity index (χ4v) is 2.37. The number of imidazole rings is 1. The largest absolute Gasteiger partial charge is 0.375 e. The maximum atomic E-state index is 5.69. The fraction of sp³-hybridized carbons (Fsp3) is 0.455. The molecule has 0 saturated carbocycles. The Kier molecular flexibility index (Phi) is 2.42. The smallest absolute Gasteiger partial charge is 0.189 e. The summed E-state index contributed by atoms with van der Waals surface area (Å²) in [6, 6.07) is 0. The van der Waals surface area contributed by atoms with Crippen molar-refractivity contribution in [1.29, 1.82) is 0 Å². The van der Waals surface area contributed by atoms with Crippen LogP contribution in [0.5, 0.6) is 0 Å². The molecule has 0 aliphatic carbocycles. The van der Waals surface area contributed by atoms with Crippen molar-refractivity contribution in [2.45, 2.75) is 12.5 Å². The third kappa shape index (κ3) is 1.76. The molecule has 0 bridgehead atoms. The lowest BCUT2D eigenvalue weighted by Gasteiger charge is -2.22. The number of morpholine rings is 1. The summed E-state index contributed by atoms with van der Waals surface area (Å²) in [6.45, 7) is 2.49. The molecule has 1 atom stereocenters. The lowest BCUT2D eigenvalue weighted by atomic mass is 10.2. The van der Waals surface area contributed by atoms with Gasteiger partial charge in [0.25, 0.3) is 0 Å². The molecule has 2 N–H and O–H groups in total. The van der Waals surface area contributed by atoms with E-state index in [0.29, 0.717) is 5.65 Å². The molecule has 4 heterocycles. The van der Waals surface area contributed by atoms with Gasteiger partial charge in [0.15, 0.2) is 11.3 Å². The molecule has 0 aromatic carbocycles. The van der Waals surface area contributed by atoms with Gasteiger partial charge in [-0.2, -0.15) is 0 Å². The van der Waals surface area contributed by atoms with E-state index in [1.807, 2.05) is 4.40 Å². The zero-order valence-electron chi connectivity index (χ0n) is 10.2. The van der Waals surface area contributed by atoms with E-state index in [9.17, 15) is 0 Å². The number of rotatable bonds is 2. The van der Waals surface area contributed by atoms with Crippen LogP contribution >= 0.6 is 0 Å². The van der Waals surface area contributed by atoms with Gasteiger partial charge in [0.05, 0.1) is 19.0 Å². The molecule has 3 aromatic rings. The third-order valence-electron chi connectivity index (χ3n) is 3.32. The molecule has 4 rings (SSSR count). The second-order valence-electron chi connectivity index (χ2n) is 4.56. The summed E-state index contributed by atoms with van der Waals surface area (Å²) in [5, 5.41) is 11.8. The highest BCUT2D eigenvalue weighted by Gasteiger charge is 2.18. The van der Waals surface area contributed by atoms with Gasteiger partial charge in [-0.3, -0.25) is 4.40 Å². The van der Waals surface area contributed by atoms with Gasteiger partial charge in [0, 0.05) is 19.5 Å². The summed E-state index contributed by atoms with van der Waals surface area (Å²) < 4.78 is 7.58. The van der Waals surface area contributed by atoms with E-state index in [2.05, 4.69) is 30.5 Å². The molecule has 8 nitrogen and oxygen atoms in total. The molecule has 3 aromatic heterocycles. The standard InChI is InChI=1S/C11H13N7O/c1-2-19-7(4-12-1)3-8-16-17-11-9-10(14-5-13-9)15-6-18(8)11/h5-7,12H,1-4H2,(H,13,14). The lowest BCUT2D eigenvalue weighted by Crippen LogP contribution is -2.39. The number of hydrogen-bond acceptors (Lipinski definition) is 6. The van der Waals surface area contributed by atoms with Crippen molar-refractivity contribution >= 4 is 16.8 Å². The number of nitrogens with zero attached hydrogens (tertiary/aromatic N) is 5. The Labute approximate surface area is 108 Å². The van der Waals surface area contributed by atoms with Crippen LogP contribution in [0.15, 0.2) is 12.7 Å². The van der Waals surface area contributed by atoms with Crippen LogP contribution in [-0.4, -0.2) is 55.4 Å². The second kappa shape index (κ2) is 4.25. The Bertz CT molecular complexity index is 712. The van der Waals surface area contributed by atoms with E-state index in [1.165, 1.54) is 0 Å². The Morgan fingerprint density at radius 1 is 1.37 bits per heavy atom. The van der Waals surface area contributed by atoms with Gasteiger partial charge in [-0.05, 0) is 0 Å². The second-order valence-corrected chi connectivity index (χ2v) is 4.56. The monoisotopic (exact) mass is 259 g/mol. The Morgan fingerprint density at radius 3 is 3.26 bits per heavy atom. The molecule has 8 heteroatoms. The van der Waals surface area contributed by atoms with Gasteiger partial charge in [0.2, 0.25) is 0 Å². The third-order valence-corrected chi connectivity index (χ3v) is 3.32. The highest BCUT2D eigenvalue weighted by molar-refractivity contribution is 5.84. The number of aromatic nitrogens is 6. The normalized spacial score (nSPS) is 20.3. The first-order valence-electron chi connectivity index (χ1n) is 6.26. The van der Waals surface area contributed by atoms with Crippen LogP contribution in [-0.2, 0) is 11.2 Å². The molecular weight excluding hydrogens is 246 g/mol. The van der Waals surface area contributed by atoms with Gasteiger partial charge in [0.1, 0.15) is 17.7 Å². The molecule has 1 aliphatic rings. The summed E-state index contributed by atoms with van der Waals surface area (Å²) in [5.41, 5.74) is 2.22. The van der Waals surface area contributed by atoms with Crippen LogP contribution in [0.3, 0.4) is 0 Å². The average molecular weight is 259 g/mol. The molecule has 1 saturated heterocycles. The molecule has 98 valence electrons.